The number of imide groups is 1. The molecule has 0 N–H and O–H groups in total. The number of anilines is 1. The Balaban J connectivity index is 1.80. The third kappa shape index (κ3) is 2.97. The molecule has 2 amide bonds. The molecule has 1 fully saturated rings. The van der Waals surface area contributed by atoms with Gasteiger partial charge in [-0.2, -0.15) is 0 Å². The minimum atomic E-state index is -0.416. The fraction of sp³-hybridized carbons (Fsp3) is 0.238. The normalized spacial score (nSPS) is 17.3. The quantitative estimate of drug-likeness (QED) is 0.780. The molecule has 0 unspecified atom stereocenters. The zero-order valence-electron chi connectivity index (χ0n) is 14.9. The predicted octanol–water partition coefficient (Wildman–Crippen LogP) is 3.21. The van der Waals surface area contributed by atoms with Crippen LogP contribution < -0.4 is 9.64 Å². The van der Waals surface area contributed by atoms with E-state index < -0.39 is 11.7 Å². The molecule has 1 saturated heterocycles. The third-order valence-electron chi connectivity index (χ3n) is 4.95. The predicted molar refractivity (Wildman–Crippen MR) is 99.6 cm³/mol. The molecule has 0 aliphatic carbocycles. The Bertz CT molecular complexity index is 913. The van der Waals surface area contributed by atoms with Gasteiger partial charge >= 0.3 is 0 Å². The summed E-state index contributed by atoms with van der Waals surface area (Å²) in [5.41, 5.74) is 1.84. The summed E-state index contributed by atoms with van der Waals surface area (Å²) in [7, 11) is 1.57. The van der Waals surface area contributed by atoms with Crippen LogP contribution in [0.2, 0.25) is 0 Å². The van der Waals surface area contributed by atoms with Crippen LogP contribution in [0.5, 0.6) is 5.75 Å². The smallest absolute Gasteiger partial charge is 0.282 e. The molecule has 0 bridgehead atoms. The molecule has 2 heterocycles. The summed E-state index contributed by atoms with van der Waals surface area (Å²) in [6.07, 6.45) is 1.97. The monoisotopic (exact) mass is 366 g/mol. The Morgan fingerprint density at radius 1 is 0.889 bits per heavy atom. The first-order valence-corrected chi connectivity index (χ1v) is 8.88. The van der Waals surface area contributed by atoms with E-state index in [0.717, 1.165) is 30.8 Å². The van der Waals surface area contributed by atoms with E-state index in [1.54, 1.807) is 31.4 Å². The van der Waals surface area contributed by atoms with Crippen LogP contribution in [0.15, 0.2) is 54.2 Å². The lowest BCUT2D eigenvalue weighted by Crippen LogP contribution is -2.34. The molecule has 0 atom stereocenters. The molecule has 138 valence electrons. The number of ether oxygens (including phenoxy) is 1. The van der Waals surface area contributed by atoms with Crippen molar-refractivity contribution >= 4 is 23.1 Å². The van der Waals surface area contributed by atoms with E-state index in [1.165, 1.54) is 24.3 Å². The highest BCUT2D eigenvalue weighted by atomic mass is 19.1. The SMILES string of the molecule is COc1ccc(C2=C(N3CCCC3)C(=O)N(c3ccc(F)cc3)C2=O)cc1. The van der Waals surface area contributed by atoms with Crippen molar-refractivity contribution in [2.24, 2.45) is 0 Å². The summed E-state index contributed by atoms with van der Waals surface area (Å²) in [5, 5.41) is 0. The van der Waals surface area contributed by atoms with E-state index in [4.69, 9.17) is 4.74 Å². The number of carbonyl (C=O) groups is 2. The molecule has 2 aromatic carbocycles. The highest BCUT2D eigenvalue weighted by molar-refractivity contribution is 6.45. The van der Waals surface area contributed by atoms with Crippen LogP contribution in [0.1, 0.15) is 18.4 Å². The summed E-state index contributed by atoms with van der Waals surface area (Å²) >= 11 is 0. The van der Waals surface area contributed by atoms with Crippen molar-refractivity contribution in [1.82, 2.24) is 4.90 Å². The van der Waals surface area contributed by atoms with Crippen LogP contribution in [0.4, 0.5) is 10.1 Å². The Hall–Kier alpha value is -3.15. The molecule has 2 aliphatic rings. The lowest BCUT2D eigenvalue weighted by molar-refractivity contribution is -0.120. The van der Waals surface area contributed by atoms with E-state index in [2.05, 4.69) is 0 Å². The van der Waals surface area contributed by atoms with Gasteiger partial charge in [-0.25, -0.2) is 9.29 Å². The lowest BCUT2D eigenvalue weighted by atomic mass is 10.0. The number of nitrogens with zero attached hydrogens (tertiary/aromatic N) is 2. The average Bonchev–Trinajstić information content (AvgIpc) is 3.29. The number of carbonyl (C=O) groups excluding carboxylic acids is 2. The summed E-state index contributed by atoms with van der Waals surface area (Å²) in [6.45, 7) is 1.48. The summed E-state index contributed by atoms with van der Waals surface area (Å²) < 4.78 is 18.5. The second-order valence-electron chi connectivity index (χ2n) is 6.57. The second kappa shape index (κ2) is 6.87. The third-order valence-corrected chi connectivity index (χ3v) is 4.95. The number of hydrogen-bond donors (Lipinski definition) is 0. The van der Waals surface area contributed by atoms with Crippen LogP contribution in [0, 0.1) is 5.82 Å². The van der Waals surface area contributed by atoms with Crippen molar-refractivity contribution < 1.29 is 18.7 Å². The van der Waals surface area contributed by atoms with E-state index in [9.17, 15) is 14.0 Å². The number of benzene rings is 2. The molecule has 0 radical (unpaired) electrons. The average molecular weight is 366 g/mol. The molecule has 5 nitrogen and oxygen atoms in total. The summed E-state index contributed by atoms with van der Waals surface area (Å²) in [5.74, 6) is -0.492. The van der Waals surface area contributed by atoms with Gasteiger partial charge in [-0.1, -0.05) is 12.1 Å². The maximum atomic E-state index is 13.3. The molecule has 0 aromatic heterocycles. The number of amides is 2. The first-order chi connectivity index (χ1) is 13.1. The van der Waals surface area contributed by atoms with Crippen molar-refractivity contribution in [2.75, 3.05) is 25.1 Å². The minimum absolute atomic E-state index is 0.362. The topological polar surface area (TPSA) is 49.9 Å². The Morgan fingerprint density at radius 2 is 1.52 bits per heavy atom. The van der Waals surface area contributed by atoms with Gasteiger partial charge in [0.1, 0.15) is 17.3 Å². The highest BCUT2D eigenvalue weighted by Gasteiger charge is 2.42. The first kappa shape index (κ1) is 17.3. The van der Waals surface area contributed by atoms with E-state index >= 15 is 0 Å². The Kier molecular flexibility index (Phi) is 4.39. The molecule has 4 rings (SSSR count). The molecule has 0 saturated carbocycles. The van der Waals surface area contributed by atoms with Gasteiger partial charge < -0.3 is 9.64 Å². The van der Waals surface area contributed by atoms with Crippen molar-refractivity contribution in [3.05, 3.63) is 65.6 Å². The van der Waals surface area contributed by atoms with Gasteiger partial charge in [-0.15, -0.1) is 0 Å². The summed E-state index contributed by atoms with van der Waals surface area (Å²) in [4.78, 5) is 29.5. The van der Waals surface area contributed by atoms with Crippen molar-refractivity contribution in [1.29, 1.82) is 0 Å². The van der Waals surface area contributed by atoms with Crippen LogP contribution >= 0.6 is 0 Å². The second-order valence-corrected chi connectivity index (χ2v) is 6.57. The van der Waals surface area contributed by atoms with Crippen molar-refractivity contribution in [2.45, 2.75) is 12.8 Å². The number of methoxy groups -OCH3 is 1. The van der Waals surface area contributed by atoms with Gasteiger partial charge in [-0.3, -0.25) is 9.59 Å². The molecule has 0 spiro atoms. The van der Waals surface area contributed by atoms with Gasteiger partial charge in [-0.05, 0) is 54.8 Å². The largest absolute Gasteiger partial charge is 0.497 e. The van der Waals surface area contributed by atoms with Crippen LogP contribution in [0.3, 0.4) is 0 Å². The van der Waals surface area contributed by atoms with E-state index in [1.807, 2.05) is 4.90 Å². The number of likely N-dealkylation sites (tertiary alicyclic amines) is 1. The Morgan fingerprint density at radius 3 is 2.11 bits per heavy atom. The minimum Gasteiger partial charge on any atom is -0.497 e. The van der Waals surface area contributed by atoms with Gasteiger partial charge in [0.15, 0.2) is 0 Å². The Labute approximate surface area is 156 Å². The molecule has 27 heavy (non-hydrogen) atoms. The van der Waals surface area contributed by atoms with Gasteiger partial charge in [0.05, 0.1) is 18.4 Å². The summed E-state index contributed by atoms with van der Waals surface area (Å²) in [6, 6.07) is 12.5. The standard InChI is InChI=1S/C21H19FN2O3/c1-27-17-10-4-14(5-11-17)18-19(23-12-2-3-13-23)21(26)24(20(18)25)16-8-6-15(22)7-9-16/h4-11H,2-3,12-13H2,1H3. The zero-order valence-corrected chi connectivity index (χ0v) is 14.9. The van der Waals surface area contributed by atoms with E-state index in [-0.39, 0.29) is 5.91 Å². The molecule has 6 heteroatoms. The molecule has 2 aromatic rings. The zero-order chi connectivity index (χ0) is 19.0. The number of halogens is 1. The molecule has 2 aliphatic heterocycles. The lowest BCUT2D eigenvalue weighted by Gasteiger charge is -2.20. The van der Waals surface area contributed by atoms with Gasteiger partial charge in [0, 0.05) is 13.1 Å². The van der Waals surface area contributed by atoms with Crippen LogP contribution in [-0.4, -0.2) is 36.9 Å². The fourth-order valence-corrected chi connectivity index (χ4v) is 3.59. The highest BCUT2D eigenvalue weighted by Crippen LogP contribution is 2.36. The van der Waals surface area contributed by atoms with E-state index in [0.29, 0.717) is 28.3 Å². The van der Waals surface area contributed by atoms with Crippen LogP contribution in [0.25, 0.3) is 5.57 Å². The maximum Gasteiger partial charge on any atom is 0.282 e. The van der Waals surface area contributed by atoms with Crippen LogP contribution in [-0.2, 0) is 9.59 Å². The van der Waals surface area contributed by atoms with Crippen molar-refractivity contribution in [3.63, 3.8) is 0 Å². The maximum absolute atomic E-state index is 13.3. The number of hydrogen-bond acceptors (Lipinski definition) is 4. The van der Waals surface area contributed by atoms with Crippen molar-refractivity contribution in [3.8, 4) is 5.75 Å². The molecular weight excluding hydrogens is 347 g/mol. The number of rotatable bonds is 4. The first-order valence-electron chi connectivity index (χ1n) is 8.88. The molecular formula is C21H19FN2O3. The van der Waals surface area contributed by atoms with Gasteiger partial charge in [0.25, 0.3) is 11.8 Å². The van der Waals surface area contributed by atoms with Gasteiger partial charge in [0.2, 0.25) is 0 Å². The fourth-order valence-electron chi connectivity index (χ4n) is 3.59.